The minimum absolute atomic E-state index is 0.0422. The number of carbonyl (C=O) groups is 2. The van der Waals surface area contributed by atoms with Crippen LogP contribution in [0.5, 0.6) is 0 Å². The lowest BCUT2D eigenvalue weighted by atomic mass is 9.81. The molecule has 0 aliphatic carbocycles. The highest BCUT2D eigenvalue weighted by Gasteiger charge is 2.41. The Balaban J connectivity index is 1.57. The van der Waals surface area contributed by atoms with Crippen LogP contribution in [-0.2, 0) is 10.9 Å². The molecule has 0 bridgehead atoms. The molecule has 35 heavy (non-hydrogen) atoms. The van der Waals surface area contributed by atoms with E-state index >= 15 is 0 Å². The van der Waals surface area contributed by atoms with E-state index in [4.69, 9.17) is 4.74 Å². The van der Waals surface area contributed by atoms with Gasteiger partial charge in [0.2, 0.25) is 0 Å². The molecule has 0 aromatic carbocycles. The first-order valence-corrected chi connectivity index (χ1v) is 12.4. The monoisotopic (exact) mass is 513 g/mol. The zero-order chi connectivity index (χ0) is 25.5. The van der Waals surface area contributed by atoms with Gasteiger partial charge in [0.25, 0.3) is 5.91 Å². The topological polar surface area (TPSA) is 78.0 Å². The van der Waals surface area contributed by atoms with E-state index in [1.807, 2.05) is 20.9 Å². The number of anilines is 1. The Morgan fingerprint density at radius 1 is 1.20 bits per heavy atom. The number of fused-ring (bicyclic) bond motifs is 1. The molecule has 1 atom stereocenters. The van der Waals surface area contributed by atoms with Gasteiger partial charge >= 0.3 is 12.3 Å². The number of rotatable bonds is 3. The molecule has 2 amide bonds. The predicted octanol–water partition coefficient (Wildman–Crippen LogP) is 3.66. The lowest BCUT2D eigenvalue weighted by molar-refractivity contribution is -0.136. The summed E-state index contributed by atoms with van der Waals surface area (Å²) in [6, 6.07) is 1.05. The molecule has 2 aromatic rings. The van der Waals surface area contributed by atoms with E-state index in [-0.39, 0.29) is 33.8 Å². The number of hydrogen-bond acceptors (Lipinski definition) is 7. The van der Waals surface area contributed by atoms with Crippen LogP contribution in [0.2, 0.25) is 0 Å². The van der Waals surface area contributed by atoms with Crippen molar-refractivity contribution in [3.05, 3.63) is 22.6 Å². The van der Waals surface area contributed by atoms with Crippen molar-refractivity contribution < 1.29 is 27.5 Å². The molecule has 2 aromatic heterocycles. The Hall–Kier alpha value is -2.60. The average molecular weight is 514 g/mol. The fraction of sp³-hybridized carbons (Fsp3) is 0.609. The maximum absolute atomic E-state index is 13.9. The molecule has 4 rings (SSSR count). The van der Waals surface area contributed by atoms with Crippen molar-refractivity contribution >= 4 is 39.4 Å². The summed E-state index contributed by atoms with van der Waals surface area (Å²) in [6.07, 6.45) is -4.86. The summed E-state index contributed by atoms with van der Waals surface area (Å²) in [5.74, 6) is -0.325. The Morgan fingerprint density at radius 2 is 1.89 bits per heavy atom. The number of aromatic nitrogens is 1. The largest absolute Gasteiger partial charge is 0.445 e. The second-order valence-corrected chi connectivity index (χ2v) is 10.7. The Labute approximate surface area is 206 Å². The van der Waals surface area contributed by atoms with Crippen molar-refractivity contribution in [2.75, 3.05) is 58.3 Å². The number of alkyl halides is 3. The number of piperazine rings is 1. The number of ether oxygens (including phenoxy) is 1. The number of thiophene rings is 1. The lowest BCUT2D eigenvalue weighted by Crippen LogP contribution is -2.53. The van der Waals surface area contributed by atoms with Crippen LogP contribution in [0.4, 0.5) is 23.8 Å². The van der Waals surface area contributed by atoms with E-state index in [0.29, 0.717) is 32.6 Å². The maximum Gasteiger partial charge on any atom is 0.417 e. The average Bonchev–Trinajstić information content (AvgIpc) is 3.22. The highest BCUT2D eigenvalue weighted by atomic mass is 32.1. The van der Waals surface area contributed by atoms with Gasteiger partial charge in [-0.25, -0.2) is 9.78 Å². The zero-order valence-corrected chi connectivity index (χ0v) is 21.1. The highest BCUT2D eigenvalue weighted by molar-refractivity contribution is 7.17. The van der Waals surface area contributed by atoms with Gasteiger partial charge in [-0.15, -0.1) is 11.3 Å². The van der Waals surface area contributed by atoms with Crippen molar-refractivity contribution in [1.29, 1.82) is 0 Å². The second kappa shape index (κ2) is 9.45. The number of likely N-dealkylation sites (N-methyl/N-ethyl adjacent to an activating group) is 1. The first kappa shape index (κ1) is 25.5. The van der Waals surface area contributed by atoms with E-state index in [1.54, 1.807) is 9.80 Å². The van der Waals surface area contributed by atoms with Gasteiger partial charge < -0.3 is 24.8 Å². The van der Waals surface area contributed by atoms with E-state index < -0.39 is 23.1 Å². The SMILES string of the molecule is CNC(=O)c1csc2c(C(F)(F)F)cc(N3CCC(OC(=O)N4CCN(C)CC4)C(C)(C)C3)nc12. The molecule has 2 fully saturated rings. The predicted molar refractivity (Wildman–Crippen MR) is 128 cm³/mol. The van der Waals surface area contributed by atoms with Crippen LogP contribution in [0.1, 0.15) is 36.2 Å². The van der Waals surface area contributed by atoms with Crippen LogP contribution in [0, 0.1) is 5.41 Å². The highest BCUT2D eigenvalue weighted by Crippen LogP contribution is 2.42. The summed E-state index contributed by atoms with van der Waals surface area (Å²) in [4.78, 5) is 35.1. The second-order valence-electron chi connectivity index (χ2n) is 9.79. The fourth-order valence-electron chi connectivity index (χ4n) is 4.60. The van der Waals surface area contributed by atoms with Gasteiger partial charge in [-0.3, -0.25) is 4.79 Å². The molecular formula is C23H30F3N5O3S. The number of piperidine rings is 1. The molecule has 2 saturated heterocycles. The minimum atomic E-state index is -4.59. The lowest BCUT2D eigenvalue weighted by Gasteiger charge is -2.44. The number of carbonyl (C=O) groups excluding carboxylic acids is 2. The molecule has 1 N–H and O–H groups in total. The molecule has 192 valence electrons. The van der Waals surface area contributed by atoms with Gasteiger partial charge in [-0.2, -0.15) is 13.2 Å². The van der Waals surface area contributed by atoms with Gasteiger partial charge in [0.15, 0.2) is 0 Å². The van der Waals surface area contributed by atoms with E-state index in [9.17, 15) is 22.8 Å². The van der Waals surface area contributed by atoms with Crippen molar-refractivity contribution in [1.82, 2.24) is 20.1 Å². The molecule has 12 heteroatoms. The van der Waals surface area contributed by atoms with Crippen LogP contribution >= 0.6 is 11.3 Å². The number of halogens is 3. The zero-order valence-electron chi connectivity index (χ0n) is 20.2. The van der Waals surface area contributed by atoms with Crippen molar-refractivity contribution in [2.45, 2.75) is 32.5 Å². The third-order valence-corrected chi connectivity index (χ3v) is 7.75. The van der Waals surface area contributed by atoms with Crippen molar-refractivity contribution in [3.63, 3.8) is 0 Å². The number of amides is 2. The molecule has 1 unspecified atom stereocenters. The molecule has 0 spiro atoms. The quantitative estimate of drug-likeness (QED) is 0.675. The third kappa shape index (κ3) is 5.18. The molecule has 2 aliphatic heterocycles. The summed E-state index contributed by atoms with van der Waals surface area (Å²) in [7, 11) is 3.43. The summed E-state index contributed by atoms with van der Waals surface area (Å²) in [5, 5.41) is 3.87. The first-order valence-electron chi connectivity index (χ1n) is 11.5. The first-order chi connectivity index (χ1) is 16.4. The van der Waals surface area contributed by atoms with Gasteiger partial charge in [0.1, 0.15) is 11.9 Å². The molecular weight excluding hydrogens is 483 g/mol. The Morgan fingerprint density at radius 3 is 2.49 bits per heavy atom. The molecule has 2 aliphatic rings. The fourth-order valence-corrected chi connectivity index (χ4v) is 5.62. The minimum Gasteiger partial charge on any atom is -0.445 e. The van der Waals surface area contributed by atoms with E-state index in [0.717, 1.165) is 30.5 Å². The van der Waals surface area contributed by atoms with E-state index in [2.05, 4.69) is 15.2 Å². The summed E-state index contributed by atoms with van der Waals surface area (Å²) < 4.78 is 47.5. The number of nitrogens with zero attached hydrogens (tertiary/aromatic N) is 4. The van der Waals surface area contributed by atoms with Gasteiger partial charge in [-0.05, 0) is 13.1 Å². The van der Waals surface area contributed by atoms with Crippen LogP contribution < -0.4 is 10.2 Å². The van der Waals surface area contributed by atoms with Crippen molar-refractivity contribution in [3.8, 4) is 0 Å². The molecule has 0 radical (unpaired) electrons. The number of nitrogens with one attached hydrogen (secondary N) is 1. The third-order valence-electron chi connectivity index (χ3n) is 6.75. The molecule has 4 heterocycles. The summed E-state index contributed by atoms with van der Waals surface area (Å²) in [5.41, 5.74) is -1.16. The smallest absolute Gasteiger partial charge is 0.417 e. The van der Waals surface area contributed by atoms with Gasteiger partial charge in [-0.1, -0.05) is 13.8 Å². The van der Waals surface area contributed by atoms with E-state index in [1.165, 1.54) is 12.4 Å². The molecule has 8 nitrogen and oxygen atoms in total. The van der Waals surface area contributed by atoms with Crippen LogP contribution in [0.3, 0.4) is 0 Å². The summed E-state index contributed by atoms with van der Waals surface area (Å²) in [6.45, 7) is 7.37. The van der Waals surface area contributed by atoms with Crippen LogP contribution in [0.25, 0.3) is 10.2 Å². The van der Waals surface area contributed by atoms with Gasteiger partial charge in [0.05, 0.1) is 21.3 Å². The molecule has 0 saturated carbocycles. The Bertz CT molecular complexity index is 1110. The Kier molecular flexibility index (Phi) is 6.89. The van der Waals surface area contributed by atoms with Crippen LogP contribution in [0.15, 0.2) is 11.4 Å². The number of pyridine rings is 1. The van der Waals surface area contributed by atoms with Gasteiger partial charge in [0, 0.05) is 63.5 Å². The standard InChI is InChI=1S/C23H30F3N5O3S/c1-22(2)13-31(6-5-16(22)34-21(33)30-9-7-29(4)8-10-30)17-11-15(23(24,25)26)19-18(28-17)14(12-35-19)20(32)27-3/h11-12,16H,5-10,13H2,1-4H3,(H,27,32). The number of hydrogen-bond donors (Lipinski definition) is 1. The normalized spacial score (nSPS) is 21.3. The summed E-state index contributed by atoms with van der Waals surface area (Å²) >= 11 is 0.860. The van der Waals surface area contributed by atoms with Crippen LogP contribution in [-0.4, -0.2) is 86.3 Å². The maximum atomic E-state index is 13.9. The van der Waals surface area contributed by atoms with Crippen molar-refractivity contribution in [2.24, 2.45) is 5.41 Å².